The van der Waals surface area contributed by atoms with Crippen LogP contribution in [0, 0.1) is 0 Å². The van der Waals surface area contributed by atoms with Crippen molar-refractivity contribution in [2.24, 2.45) is 0 Å². The molecule has 0 fully saturated rings. The van der Waals surface area contributed by atoms with Crippen LogP contribution in [-0.4, -0.2) is 23.0 Å². The molecule has 3 aromatic carbocycles. The number of anilines is 1. The molecule has 4 aromatic rings. The van der Waals surface area contributed by atoms with Crippen LogP contribution in [0.2, 0.25) is 0 Å². The fourth-order valence-corrected chi connectivity index (χ4v) is 3.42. The van der Waals surface area contributed by atoms with Crippen molar-refractivity contribution in [1.82, 2.24) is 4.98 Å². The van der Waals surface area contributed by atoms with Gasteiger partial charge in [-0.25, -0.2) is 0 Å². The molecule has 0 aliphatic rings. The summed E-state index contributed by atoms with van der Waals surface area (Å²) in [4.78, 5) is 28.2. The van der Waals surface area contributed by atoms with Gasteiger partial charge in [-0.2, -0.15) is 0 Å². The molecule has 30 heavy (non-hydrogen) atoms. The summed E-state index contributed by atoms with van der Waals surface area (Å²) in [5, 5.41) is 3.86. The molecule has 5 nitrogen and oxygen atoms in total. The number of esters is 1. The van der Waals surface area contributed by atoms with Crippen LogP contribution in [0.4, 0.5) is 5.69 Å². The topological polar surface area (TPSA) is 71.2 Å². The summed E-state index contributed by atoms with van der Waals surface area (Å²) in [5.74, 6) is -0.815. The second-order valence-corrected chi connectivity index (χ2v) is 7.07. The highest BCUT2D eigenvalue weighted by Crippen LogP contribution is 2.27. The number of aromatic amines is 1. The number of ether oxygens (including phenoxy) is 1. The fraction of sp³-hybridized carbons (Fsp3) is 0.120. The van der Waals surface area contributed by atoms with Gasteiger partial charge in [0.25, 0.3) is 5.91 Å². The van der Waals surface area contributed by atoms with E-state index in [2.05, 4.69) is 10.3 Å². The Morgan fingerprint density at radius 1 is 0.933 bits per heavy atom. The van der Waals surface area contributed by atoms with Gasteiger partial charge in [0.2, 0.25) is 0 Å². The maximum absolute atomic E-state index is 12.7. The molecule has 0 radical (unpaired) electrons. The van der Waals surface area contributed by atoms with Crippen molar-refractivity contribution >= 4 is 28.5 Å². The van der Waals surface area contributed by atoms with Crippen LogP contribution in [0.1, 0.15) is 12.5 Å². The number of carbonyl (C=O) groups excluding carboxylic acids is 2. The van der Waals surface area contributed by atoms with Gasteiger partial charge in [-0.1, -0.05) is 66.7 Å². The van der Waals surface area contributed by atoms with Crippen molar-refractivity contribution in [3.63, 3.8) is 0 Å². The highest BCUT2D eigenvalue weighted by molar-refractivity contribution is 5.99. The van der Waals surface area contributed by atoms with Crippen LogP contribution in [0.5, 0.6) is 0 Å². The predicted octanol–water partition coefficient (Wildman–Crippen LogP) is 4.95. The van der Waals surface area contributed by atoms with Crippen molar-refractivity contribution in [2.75, 3.05) is 5.32 Å². The van der Waals surface area contributed by atoms with Crippen LogP contribution in [0.25, 0.3) is 22.0 Å². The Kier molecular flexibility index (Phi) is 5.61. The van der Waals surface area contributed by atoms with Crippen LogP contribution in [-0.2, 0) is 20.7 Å². The van der Waals surface area contributed by atoms with Gasteiger partial charge in [0, 0.05) is 28.4 Å². The lowest BCUT2D eigenvalue weighted by Gasteiger charge is -2.16. The number of carbonyl (C=O) groups is 2. The maximum atomic E-state index is 12.7. The average molecular weight is 398 g/mol. The lowest BCUT2D eigenvalue weighted by molar-refractivity contribution is -0.152. The van der Waals surface area contributed by atoms with Crippen molar-refractivity contribution in [3.05, 3.63) is 90.6 Å². The smallest absolute Gasteiger partial charge is 0.311 e. The van der Waals surface area contributed by atoms with E-state index in [-0.39, 0.29) is 12.3 Å². The zero-order valence-corrected chi connectivity index (χ0v) is 16.6. The first-order valence-corrected chi connectivity index (χ1v) is 9.81. The van der Waals surface area contributed by atoms with Crippen molar-refractivity contribution in [3.8, 4) is 11.1 Å². The molecule has 1 heterocycles. The van der Waals surface area contributed by atoms with E-state index in [4.69, 9.17) is 4.74 Å². The molecule has 1 amide bonds. The largest absolute Gasteiger partial charge is 0.452 e. The minimum atomic E-state index is -0.911. The van der Waals surface area contributed by atoms with Gasteiger partial charge in [0.1, 0.15) is 0 Å². The fourth-order valence-electron chi connectivity index (χ4n) is 3.42. The first-order valence-electron chi connectivity index (χ1n) is 9.81. The molecule has 1 atom stereocenters. The molecule has 0 spiro atoms. The first-order chi connectivity index (χ1) is 14.6. The van der Waals surface area contributed by atoms with E-state index >= 15 is 0 Å². The van der Waals surface area contributed by atoms with Crippen molar-refractivity contribution < 1.29 is 14.3 Å². The molecule has 0 aliphatic carbocycles. The molecule has 0 saturated carbocycles. The third-order valence-corrected chi connectivity index (χ3v) is 4.96. The van der Waals surface area contributed by atoms with Crippen LogP contribution >= 0.6 is 0 Å². The molecule has 5 heteroatoms. The molecule has 4 rings (SSSR count). The summed E-state index contributed by atoms with van der Waals surface area (Å²) in [5.41, 5.74) is 4.38. The lowest BCUT2D eigenvalue weighted by atomic mass is 10.0. The number of hydrogen-bond donors (Lipinski definition) is 2. The second kappa shape index (κ2) is 8.66. The summed E-state index contributed by atoms with van der Waals surface area (Å²) in [6, 6.07) is 25.1. The number of fused-ring (bicyclic) bond motifs is 1. The summed E-state index contributed by atoms with van der Waals surface area (Å²) < 4.78 is 5.39. The molecule has 2 N–H and O–H groups in total. The van der Waals surface area contributed by atoms with E-state index in [0.29, 0.717) is 5.69 Å². The second-order valence-electron chi connectivity index (χ2n) is 7.07. The number of benzene rings is 3. The highest BCUT2D eigenvalue weighted by atomic mass is 16.5. The summed E-state index contributed by atoms with van der Waals surface area (Å²) in [6.07, 6.45) is 0.987. The normalized spacial score (nSPS) is 11.8. The minimum absolute atomic E-state index is 0.0994. The van der Waals surface area contributed by atoms with E-state index in [9.17, 15) is 9.59 Å². The van der Waals surface area contributed by atoms with Gasteiger partial charge < -0.3 is 15.0 Å². The first kappa shape index (κ1) is 19.5. The Balaban J connectivity index is 1.42. The van der Waals surface area contributed by atoms with E-state index in [0.717, 1.165) is 27.6 Å². The lowest BCUT2D eigenvalue weighted by Crippen LogP contribution is -2.30. The Labute approximate surface area is 174 Å². The zero-order chi connectivity index (χ0) is 20.9. The molecular weight excluding hydrogens is 376 g/mol. The Morgan fingerprint density at radius 3 is 2.47 bits per heavy atom. The van der Waals surface area contributed by atoms with E-state index < -0.39 is 12.1 Å². The summed E-state index contributed by atoms with van der Waals surface area (Å²) in [7, 11) is 0. The van der Waals surface area contributed by atoms with Crippen LogP contribution < -0.4 is 5.32 Å². The number of hydrogen-bond acceptors (Lipinski definition) is 3. The van der Waals surface area contributed by atoms with Crippen molar-refractivity contribution in [2.45, 2.75) is 19.4 Å². The maximum Gasteiger partial charge on any atom is 0.311 e. The average Bonchev–Trinajstić information content (AvgIpc) is 3.17. The predicted molar refractivity (Wildman–Crippen MR) is 118 cm³/mol. The number of nitrogens with one attached hydrogen (secondary N) is 2. The molecule has 150 valence electrons. The van der Waals surface area contributed by atoms with Gasteiger partial charge in [0.05, 0.1) is 6.42 Å². The standard InChI is InChI=1S/C25H22N2O3/c1-17(30-24(28)15-19-16-26-22-13-7-5-12-21(19)22)25(29)27-23-14-8-6-11-20(23)18-9-3-2-4-10-18/h2-14,16-17,26H,15H2,1H3,(H,27,29)/t17-/m1/s1. The third kappa shape index (κ3) is 4.25. The van der Waals surface area contributed by atoms with Gasteiger partial charge in [0.15, 0.2) is 6.10 Å². The van der Waals surface area contributed by atoms with Gasteiger partial charge in [-0.05, 0) is 30.2 Å². The molecule has 0 unspecified atom stereocenters. The third-order valence-electron chi connectivity index (χ3n) is 4.96. The Bertz CT molecular complexity index is 1180. The zero-order valence-electron chi connectivity index (χ0n) is 16.6. The van der Waals surface area contributed by atoms with E-state index in [1.165, 1.54) is 0 Å². The molecule has 0 aliphatic heterocycles. The molecule has 0 saturated heterocycles. The number of H-pyrrole nitrogens is 1. The monoisotopic (exact) mass is 398 g/mol. The van der Waals surface area contributed by atoms with Gasteiger partial charge >= 0.3 is 5.97 Å². The SMILES string of the molecule is C[C@@H](OC(=O)Cc1c[nH]c2ccccc12)C(=O)Nc1ccccc1-c1ccccc1. The molecular formula is C25H22N2O3. The number of rotatable bonds is 6. The number of aromatic nitrogens is 1. The van der Waals surface area contributed by atoms with Crippen LogP contribution in [0.3, 0.4) is 0 Å². The number of para-hydroxylation sites is 2. The molecule has 1 aromatic heterocycles. The Morgan fingerprint density at radius 2 is 1.63 bits per heavy atom. The summed E-state index contributed by atoms with van der Waals surface area (Å²) >= 11 is 0. The summed E-state index contributed by atoms with van der Waals surface area (Å²) in [6.45, 7) is 1.58. The Hall–Kier alpha value is -3.86. The van der Waals surface area contributed by atoms with Gasteiger partial charge in [-0.3, -0.25) is 9.59 Å². The molecule has 0 bridgehead atoms. The number of amides is 1. The highest BCUT2D eigenvalue weighted by Gasteiger charge is 2.20. The van der Waals surface area contributed by atoms with E-state index in [1.54, 1.807) is 13.1 Å². The van der Waals surface area contributed by atoms with Gasteiger partial charge in [-0.15, -0.1) is 0 Å². The quantitative estimate of drug-likeness (QED) is 0.452. The minimum Gasteiger partial charge on any atom is -0.452 e. The van der Waals surface area contributed by atoms with Crippen molar-refractivity contribution in [1.29, 1.82) is 0 Å². The van der Waals surface area contributed by atoms with Crippen LogP contribution in [0.15, 0.2) is 85.1 Å². The van der Waals surface area contributed by atoms with E-state index in [1.807, 2.05) is 78.9 Å².